The Morgan fingerprint density at radius 3 is 2.25 bits per heavy atom. The highest BCUT2D eigenvalue weighted by Gasteiger charge is 2.36. The van der Waals surface area contributed by atoms with Gasteiger partial charge in [0.15, 0.2) is 0 Å². The van der Waals surface area contributed by atoms with Crippen molar-refractivity contribution < 1.29 is 19.0 Å². The van der Waals surface area contributed by atoms with Crippen LogP contribution in [0.4, 0.5) is 4.79 Å². The van der Waals surface area contributed by atoms with Gasteiger partial charge in [0.25, 0.3) is 0 Å². The summed E-state index contributed by atoms with van der Waals surface area (Å²) in [4.78, 5) is 11.4. The van der Waals surface area contributed by atoms with Gasteiger partial charge in [0.2, 0.25) is 0 Å². The zero-order valence-electron chi connectivity index (χ0n) is 16.2. The number of benzene rings is 3. The summed E-state index contributed by atoms with van der Waals surface area (Å²) >= 11 is 0. The second kappa shape index (κ2) is 7.08. The van der Waals surface area contributed by atoms with E-state index in [2.05, 4.69) is 11.4 Å². The largest absolute Gasteiger partial charge is 0.491 e. The second-order valence-corrected chi connectivity index (χ2v) is 7.50. The quantitative estimate of drug-likeness (QED) is 0.649. The summed E-state index contributed by atoms with van der Waals surface area (Å²) in [5, 5.41) is 5.02. The number of carbonyl (C=O) groups excluding carboxylic acids is 1. The summed E-state index contributed by atoms with van der Waals surface area (Å²) in [6, 6.07) is 19.7. The molecule has 5 nitrogen and oxygen atoms in total. The van der Waals surface area contributed by atoms with Crippen molar-refractivity contribution in [2.24, 2.45) is 0 Å². The zero-order valence-corrected chi connectivity index (χ0v) is 16.2. The van der Waals surface area contributed by atoms with Crippen LogP contribution in [0.3, 0.4) is 0 Å². The van der Waals surface area contributed by atoms with Crippen molar-refractivity contribution in [2.45, 2.75) is 32.4 Å². The SMILES string of the molecule is CC(C)Oc1ccc(Oc2ccc3cc([C@]4(C)COC(=O)N4)ccc3c2)cc1. The van der Waals surface area contributed by atoms with Crippen molar-refractivity contribution >= 4 is 16.9 Å². The third-order valence-corrected chi connectivity index (χ3v) is 4.75. The van der Waals surface area contributed by atoms with Crippen LogP contribution in [-0.4, -0.2) is 18.8 Å². The minimum Gasteiger partial charge on any atom is -0.491 e. The van der Waals surface area contributed by atoms with E-state index in [-0.39, 0.29) is 12.2 Å². The number of carbonyl (C=O) groups is 1. The minimum absolute atomic E-state index is 0.142. The summed E-state index contributed by atoms with van der Waals surface area (Å²) in [6.45, 7) is 6.29. The van der Waals surface area contributed by atoms with Crippen LogP contribution < -0.4 is 14.8 Å². The molecule has 1 heterocycles. The van der Waals surface area contributed by atoms with Gasteiger partial charge in [-0.05, 0) is 79.6 Å². The average Bonchev–Trinajstić information content (AvgIpc) is 3.02. The van der Waals surface area contributed by atoms with Crippen molar-refractivity contribution in [3.05, 3.63) is 66.2 Å². The molecule has 144 valence electrons. The zero-order chi connectivity index (χ0) is 19.7. The van der Waals surface area contributed by atoms with Crippen molar-refractivity contribution in [3.63, 3.8) is 0 Å². The van der Waals surface area contributed by atoms with Gasteiger partial charge in [-0.15, -0.1) is 0 Å². The highest BCUT2D eigenvalue weighted by atomic mass is 16.6. The van der Waals surface area contributed by atoms with E-state index >= 15 is 0 Å². The second-order valence-electron chi connectivity index (χ2n) is 7.50. The lowest BCUT2D eigenvalue weighted by Gasteiger charge is -2.22. The molecule has 1 saturated heterocycles. The molecule has 4 rings (SSSR count). The van der Waals surface area contributed by atoms with Gasteiger partial charge in [-0.25, -0.2) is 4.79 Å². The first-order chi connectivity index (χ1) is 13.4. The van der Waals surface area contributed by atoms with Gasteiger partial charge >= 0.3 is 6.09 Å². The molecule has 0 spiro atoms. The van der Waals surface area contributed by atoms with E-state index in [0.717, 1.165) is 33.6 Å². The van der Waals surface area contributed by atoms with Crippen molar-refractivity contribution in [3.8, 4) is 17.2 Å². The number of rotatable bonds is 5. The Morgan fingerprint density at radius 1 is 0.929 bits per heavy atom. The molecular formula is C23H23NO4. The van der Waals surface area contributed by atoms with Crippen LogP contribution >= 0.6 is 0 Å². The van der Waals surface area contributed by atoms with E-state index in [1.165, 1.54) is 0 Å². The standard InChI is InChI=1S/C23H23NO4/c1-15(2)27-19-8-10-20(11-9-19)28-21-7-5-16-12-18(6-4-17(16)13-21)23(3)14-26-22(25)24-23/h4-13,15H,14H2,1-3H3,(H,24,25)/t23-/m0/s1. The van der Waals surface area contributed by atoms with E-state index in [9.17, 15) is 4.79 Å². The van der Waals surface area contributed by atoms with Gasteiger partial charge in [0.05, 0.1) is 11.6 Å². The average molecular weight is 377 g/mol. The highest BCUT2D eigenvalue weighted by Crippen LogP contribution is 2.31. The lowest BCUT2D eigenvalue weighted by molar-refractivity contribution is 0.173. The maximum absolute atomic E-state index is 11.4. The number of amides is 1. The molecule has 0 aliphatic carbocycles. The smallest absolute Gasteiger partial charge is 0.408 e. The number of ether oxygens (including phenoxy) is 3. The van der Waals surface area contributed by atoms with Crippen molar-refractivity contribution in [2.75, 3.05) is 6.61 Å². The summed E-state index contributed by atoms with van der Waals surface area (Å²) in [7, 11) is 0. The van der Waals surface area contributed by atoms with Crippen LogP contribution in [0.1, 0.15) is 26.3 Å². The number of cyclic esters (lactones) is 1. The predicted molar refractivity (Wildman–Crippen MR) is 108 cm³/mol. The molecule has 0 unspecified atom stereocenters. The summed E-state index contributed by atoms with van der Waals surface area (Å²) < 4.78 is 16.7. The Morgan fingerprint density at radius 2 is 1.57 bits per heavy atom. The lowest BCUT2D eigenvalue weighted by Crippen LogP contribution is -2.37. The Bertz CT molecular complexity index is 1010. The Hall–Kier alpha value is -3.21. The van der Waals surface area contributed by atoms with E-state index in [1.54, 1.807) is 0 Å². The van der Waals surface area contributed by atoms with Crippen molar-refractivity contribution in [1.29, 1.82) is 0 Å². The predicted octanol–water partition coefficient (Wildman–Crippen LogP) is 5.37. The molecule has 0 radical (unpaired) electrons. The first-order valence-electron chi connectivity index (χ1n) is 9.35. The van der Waals surface area contributed by atoms with Crippen LogP contribution in [0.15, 0.2) is 60.7 Å². The molecule has 1 atom stereocenters. The Labute approximate surface area is 164 Å². The number of hydrogen-bond donors (Lipinski definition) is 1. The van der Waals surface area contributed by atoms with Crippen LogP contribution in [0.25, 0.3) is 10.8 Å². The third kappa shape index (κ3) is 3.74. The minimum atomic E-state index is -0.500. The first kappa shape index (κ1) is 18.2. The highest BCUT2D eigenvalue weighted by molar-refractivity contribution is 5.85. The molecule has 0 aromatic heterocycles. The number of alkyl carbamates (subject to hydrolysis) is 1. The van der Waals surface area contributed by atoms with E-state index in [0.29, 0.717) is 6.61 Å². The summed E-state index contributed by atoms with van der Waals surface area (Å²) in [5.74, 6) is 2.34. The maximum Gasteiger partial charge on any atom is 0.408 e. The van der Waals surface area contributed by atoms with Crippen LogP contribution in [-0.2, 0) is 10.3 Å². The van der Waals surface area contributed by atoms with Crippen LogP contribution in [0.5, 0.6) is 17.2 Å². The van der Waals surface area contributed by atoms with Gasteiger partial charge in [-0.2, -0.15) is 0 Å². The lowest BCUT2D eigenvalue weighted by atomic mass is 9.91. The van der Waals surface area contributed by atoms with E-state index in [4.69, 9.17) is 14.2 Å². The molecule has 1 fully saturated rings. The maximum atomic E-state index is 11.4. The van der Waals surface area contributed by atoms with Gasteiger partial charge in [-0.3, -0.25) is 0 Å². The molecule has 1 aliphatic heterocycles. The first-order valence-corrected chi connectivity index (χ1v) is 9.35. The summed E-state index contributed by atoms with van der Waals surface area (Å²) in [5.41, 5.74) is 0.514. The van der Waals surface area contributed by atoms with Gasteiger partial charge in [-0.1, -0.05) is 18.2 Å². The number of hydrogen-bond acceptors (Lipinski definition) is 4. The number of fused-ring (bicyclic) bond motifs is 1. The normalized spacial score (nSPS) is 18.8. The number of nitrogens with one attached hydrogen (secondary N) is 1. The Balaban J connectivity index is 1.53. The topological polar surface area (TPSA) is 56.8 Å². The van der Waals surface area contributed by atoms with Crippen LogP contribution in [0, 0.1) is 0 Å². The van der Waals surface area contributed by atoms with E-state index in [1.807, 2.05) is 75.4 Å². The van der Waals surface area contributed by atoms with E-state index < -0.39 is 5.54 Å². The monoisotopic (exact) mass is 377 g/mol. The molecular weight excluding hydrogens is 354 g/mol. The molecule has 0 saturated carbocycles. The molecule has 3 aromatic rings. The molecule has 3 aromatic carbocycles. The fourth-order valence-electron chi connectivity index (χ4n) is 3.29. The molecule has 0 bridgehead atoms. The fourth-order valence-corrected chi connectivity index (χ4v) is 3.29. The van der Waals surface area contributed by atoms with Crippen LogP contribution in [0.2, 0.25) is 0 Å². The van der Waals surface area contributed by atoms with Gasteiger partial charge in [0, 0.05) is 0 Å². The summed E-state index contributed by atoms with van der Waals surface area (Å²) in [6.07, 6.45) is -0.236. The van der Waals surface area contributed by atoms with Gasteiger partial charge < -0.3 is 19.5 Å². The molecule has 1 N–H and O–H groups in total. The Kier molecular flexibility index (Phi) is 4.59. The molecule has 1 aliphatic rings. The fraction of sp³-hybridized carbons (Fsp3) is 0.261. The molecule has 28 heavy (non-hydrogen) atoms. The van der Waals surface area contributed by atoms with Crippen molar-refractivity contribution in [1.82, 2.24) is 5.32 Å². The van der Waals surface area contributed by atoms with Gasteiger partial charge in [0.1, 0.15) is 23.9 Å². The third-order valence-electron chi connectivity index (χ3n) is 4.75. The molecule has 5 heteroatoms. The molecule has 1 amide bonds.